The van der Waals surface area contributed by atoms with Crippen LogP contribution in [0.3, 0.4) is 0 Å². The maximum atomic E-state index is 5.70. The lowest BCUT2D eigenvalue weighted by molar-refractivity contribution is 1.26. The molecule has 0 fully saturated rings. The molecule has 0 aliphatic rings. The predicted molar refractivity (Wildman–Crippen MR) is 56.8 cm³/mol. The van der Waals surface area contributed by atoms with Gasteiger partial charge >= 0.3 is 0 Å². The van der Waals surface area contributed by atoms with Gasteiger partial charge in [0.15, 0.2) is 0 Å². The number of thiol groups is 1. The van der Waals surface area contributed by atoms with Crippen LogP contribution < -0.4 is 0 Å². The maximum Gasteiger partial charge on any atom is 0.129 e. The first-order chi connectivity index (χ1) is 5.83. The molecule has 0 bridgehead atoms. The lowest BCUT2D eigenvalue weighted by Crippen LogP contribution is -1.76. The van der Waals surface area contributed by atoms with Gasteiger partial charge in [-0.1, -0.05) is 23.8 Å². The van der Waals surface area contributed by atoms with Gasteiger partial charge in [0.05, 0.1) is 0 Å². The molecule has 3 heteroatoms. The molecular formula is C9H10ClNS. The molecule has 1 aromatic rings. The van der Waals surface area contributed by atoms with Crippen LogP contribution >= 0.6 is 24.2 Å². The van der Waals surface area contributed by atoms with Crippen LogP contribution in [0.1, 0.15) is 12.0 Å². The fraction of sp³-hybridized carbons (Fsp3) is 0.222. The van der Waals surface area contributed by atoms with Gasteiger partial charge in [0.2, 0.25) is 0 Å². The van der Waals surface area contributed by atoms with Gasteiger partial charge in [-0.05, 0) is 29.9 Å². The summed E-state index contributed by atoms with van der Waals surface area (Å²) in [4.78, 5) is 3.88. The average Bonchev–Trinajstić information content (AvgIpc) is 2.05. The molecule has 0 saturated carbocycles. The van der Waals surface area contributed by atoms with Gasteiger partial charge in [-0.15, -0.1) is 0 Å². The van der Waals surface area contributed by atoms with Crippen molar-refractivity contribution >= 4 is 30.3 Å². The molecule has 0 unspecified atom stereocenters. The summed E-state index contributed by atoms with van der Waals surface area (Å²) in [6, 6.07) is 3.75. The summed E-state index contributed by atoms with van der Waals surface area (Å²) in [5.41, 5.74) is 1.08. The molecule has 0 radical (unpaired) electrons. The van der Waals surface area contributed by atoms with Crippen LogP contribution in [0.5, 0.6) is 0 Å². The Kier molecular flexibility index (Phi) is 4.19. The molecule has 1 heterocycles. The summed E-state index contributed by atoms with van der Waals surface area (Å²) < 4.78 is 0. The second-order valence-corrected chi connectivity index (χ2v) is 3.16. The number of hydrogen-bond acceptors (Lipinski definition) is 2. The smallest absolute Gasteiger partial charge is 0.129 e. The summed E-state index contributed by atoms with van der Waals surface area (Å²) in [6.45, 7) is 0. The Labute approximate surface area is 82.9 Å². The molecular weight excluding hydrogens is 190 g/mol. The molecule has 64 valence electrons. The first kappa shape index (κ1) is 9.62. The molecule has 0 spiro atoms. The van der Waals surface area contributed by atoms with Crippen LogP contribution in [0.2, 0.25) is 5.15 Å². The van der Waals surface area contributed by atoms with Crippen LogP contribution in [-0.4, -0.2) is 10.7 Å². The first-order valence-electron chi connectivity index (χ1n) is 3.72. The molecule has 12 heavy (non-hydrogen) atoms. The molecule has 0 amide bonds. The van der Waals surface area contributed by atoms with Crippen molar-refractivity contribution in [2.75, 3.05) is 5.75 Å². The van der Waals surface area contributed by atoms with E-state index in [1.54, 1.807) is 6.20 Å². The molecule has 0 aliphatic heterocycles. The minimum Gasteiger partial charge on any atom is -0.245 e. The zero-order chi connectivity index (χ0) is 8.81. The maximum absolute atomic E-state index is 5.70. The normalized spacial score (nSPS) is 10.8. The molecule has 0 N–H and O–H groups in total. The van der Waals surface area contributed by atoms with Crippen molar-refractivity contribution in [3.63, 3.8) is 0 Å². The van der Waals surface area contributed by atoms with Gasteiger partial charge in [0, 0.05) is 6.20 Å². The highest BCUT2D eigenvalue weighted by molar-refractivity contribution is 7.80. The molecule has 1 nitrogen and oxygen atoms in total. The van der Waals surface area contributed by atoms with Gasteiger partial charge in [0.1, 0.15) is 5.15 Å². The van der Waals surface area contributed by atoms with Crippen molar-refractivity contribution in [3.8, 4) is 0 Å². The number of pyridine rings is 1. The number of aromatic nitrogens is 1. The minimum atomic E-state index is 0.531. The van der Waals surface area contributed by atoms with Crippen LogP contribution in [-0.2, 0) is 0 Å². The largest absolute Gasteiger partial charge is 0.245 e. The molecule has 0 aromatic carbocycles. The van der Waals surface area contributed by atoms with Gasteiger partial charge in [-0.25, -0.2) is 4.98 Å². The number of halogens is 1. The summed E-state index contributed by atoms with van der Waals surface area (Å²) in [6.07, 6.45) is 6.76. The van der Waals surface area contributed by atoms with E-state index in [1.165, 1.54) is 0 Å². The van der Waals surface area contributed by atoms with E-state index in [0.717, 1.165) is 17.7 Å². The topological polar surface area (TPSA) is 12.9 Å². The van der Waals surface area contributed by atoms with Gasteiger partial charge in [0.25, 0.3) is 0 Å². The summed E-state index contributed by atoms with van der Waals surface area (Å²) in [7, 11) is 0. The van der Waals surface area contributed by atoms with Crippen molar-refractivity contribution in [1.82, 2.24) is 4.98 Å². The van der Waals surface area contributed by atoms with E-state index in [1.807, 2.05) is 18.2 Å². The monoisotopic (exact) mass is 199 g/mol. The zero-order valence-electron chi connectivity index (χ0n) is 6.57. The van der Waals surface area contributed by atoms with E-state index in [2.05, 4.69) is 23.7 Å². The highest BCUT2D eigenvalue weighted by Gasteiger charge is 1.88. The van der Waals surface area contributed by atoms with Crippen LogP contribution in [0.15, 0.2) is 24.4 Å². The fourth-order valence-corrected chi connectivity index (χ4v) is 1.15. The first-order valence-corrected chi connectivity index (χ1v) is 4.73. The number of rotatable bonds is 3. The molecule has 1 rings (SSSR count). The Morgan fingerprint density at radius 2 is 2.42 bits per heavy atom. The van der Waals surface area contributed by atoms with Crippen LogP contribution in [0.25, 0.3) is 6.08 Å². The molecule has 1 aromatic heterocycles. The number of allylic oxidation sites excluding steroid dienone is 1. The third-order valence-electron chi connectivity index (χ3n) is 1.36. The molecule has 0 saturated heterocycles. The highest BCUT2D eigenvalue weighted by atomic mass is 35.5. The highest BCUT2D eigenvalue weighted by Crippen LogP contribution is 2.08. The van der Waals surface area contributed by atoms with Gasteiger partial charge < -0.3 is 0 Å². The van der Waals surface area contributed by atoms with E-state index in [4.69, 9.17) is 11.6 Å². The fourth-order valence-electron chi connectivity index (χ4n) is 0.815. The summed E-state index contributed by atoms with van der Waals surface area (Å²) in [5.74, 6) is 0.870. The van der Waals surface area contributed by atoms with E-state index in [9.17, 15) is 0 Å². The molecule has 0 atom stereocenters. The third kappa shape index (κ3) is 3.28. The Hall–Kier alpha value is -0.470. The Balaban J connectivity index is 2.63. The Morgan fingerprint density at radius 1 is 1.58 bits per heavy atom. The summed E-state index contributed by atoms with van der Waals surface area (Å²) in [5, 5.41) is 0.531. The van der Waals surface area contributed by atoms with E-state index in [0.29, 0.717) is 5.15 Å². The van der Waals surface area contributed by atoms with E-state index >= 15 is 0 Å². The van der Waals surface area contributed by atoms with Gasteiger partial charge in [-0.2, -0.15) is 12.6 Å². The lowest BCUT2D eigenvalue weighted by atomic mass is 10.2. The zero-order valence-corrected chi connectivity index (χ0v) is 8.22. The van der Waals surface area contributed by atoms with Gasteiger partial charge in [-0.3, -0.25) is 0 Å². The second kappa shape index (κ2) is 5.22. The number of nitrogens with zero attached hydrogens (tertiary/aromatic N) is 1. The average molecular weight is 200 g/mol. The second-order valence-electron chi connectivity index (χ2n) is 2.33. The van der Waals surface area contributed by atoms with Crippen molar-refractivity contribution in [2.45, 2.75) is 6.42 Å². The quantitative estimate of drug-likeness (QED) is 0.583. The molecule has 0 aliphatic carbocycles. The SMILES string of the molecule is SCCC=Cc1ccnc(Cl)c1. The minimum absolute atomic E-state index is 0.531. The third-order valence-corrected chi connectivity index (χ3v) is 1.82. The van der Waals surface area contributed by atoms with Crippen LogP contribution in [0, 0.1) is 0 Å². The van der Waals surface area contributed by atoms with Crippen LogP contribution in [0.4, 0.5) is 0 Å². The lowest BCUT2D eigenvalue weighted by Gasteiger charge is -1.92. The Morgan fingerprint density at radius 3 is 3.08 bits per heavy atom. The van der Waals surface area contributed by atoms with Crippen molar-refractivity contribution < 1.29 is 0 Å². The van der Waals surface area contributed by atoms with E-state index < -0.39 is 0 Å². The predicted octanol–water partition coefficient (Wildman–Crippen LogP) is 3.07. The number of hydrogen-bond donors (Lipinski definition) is 1. The van der Waals surface area contributed by atoms with Crippen molar-refractivity contribution in [2.24, 2.45) is 0 Å². The van der Waals surface area contributed by atoms with E-state index in [-0.39, 0.29) is 0 Å². The van der Waals surface area contributed by atoms with Crippen molar-refractivity contribution in [1.29, 1.82) is 0 Å². The Bertz CT molecular complexity index is 273. The van der Waals surface area contributed by atoms with Crippen molar-refractivity contribution in [3.05, 3.63) is 35.1 Å². The summed E-state index contributed by atoms with van der Waals surface area (Å²) >= 11 is 9.80. The standard InChI is InChI=1S/C9H10ClNS/c10-9-7-8(4-5-11-9)3-1-2-6-12/h1,3-5,7,12H,2,6H2.